The van der Waals surface area contributed by atoms with Gasteiger partial charge in [0.2, 0.25) is 0 Å². The molecule has 1 aromatic heterocycles. The number of amides is 2. The summed E-state index contributed by atoms with van der Waals surface area (Å²) in [6, 6.07) is 79.6. The summed E-state index contributed by atoms with van der Waals surface area (Å²) in [6.07, 6.45) is -0.793. The van der Waals surface area contributed by atoms with Crippen LogP contribution in [0.1, 0.15) is 39.6 Å². The third-order valence-electron chi connectivity index (χ3n) is 13.8. The quantitative estimate of drug-likeness (QED) is 0.0231. The number of rotatable bonds is 17. The van der Waals surface area contributed by atoms with E-state index in [1.807, 2.05) is 170 Å². The van der Waals surface area contributed by atoms with Crippen molar-refractivity contribution in [2.24, 2.45) is 5.16 Å². The van der Waals surface area contributed by atoms with E-state index in [0.29, 0.717) is 16.5 Å². The number of thioether (sulfide) groups is 1. The fraction of sp³-hybridized carbons (Fsp3) is 0.0938. The number of ether oxygens (including phenoxy) is 1. The van der Waals surface area contributed by atoms with Crippen molar-refractivity contribution < 1.29 is 24.0 Å². The largest absolute Gasteiger partial charge is 0.448 e. The number of fused-ring (bicyclic) bond motifs is 1. The number of carbonyl (C=O) groups is 3. The lowest BCUT2D eigenvalue weighted by molar-refractivity contribution is -0.154. The van der Waals surface area contributed by atoms with Crippen molar-refractivity contribution in [1.29, 1.82) is 0 Å². The Morgan fingerprint density at radius 3 is 1.52 bits per heavy atom. The molecule has 13 heteroatoms. The van der Waals surface area contributed by atoms with Crippen molar-refractivity contribution in [1.82, 2.24) is 15.2 Å². The minimum absolute atomic E-state index is 0.116. The Morgan fingerprint density at radius 1 is 0.649 bits per heavy atom. The molecule has 0 bridgehead atoms. The second kappa shape index (κ2) is 22.7. The van der Waals surface area contributed by atoms with Gasteiger partial charge in [0.25, 0.3) is 11.8 Å². The highest BCUT2D eigenvalue weighted by Crippen LogP contribution is 2.48. The van der Waals surface area contributed by atoms with Crippen LogP contribution in [-0.4, -0.2) is 63.5 Å². The Bertz CT molecular complexity index is 3390. The predicted molar refractivity (Wildman–Crippen MR) is 313 cm³/mol. The van der Waals surface area contributed by atoms with E-state index in [-0.39, 0.29) is 17.1 Å². The Hall–Kier alpha value is -8.54. The van der Waals surface area contributed by atoms with E-state index in [2.05, 4.69) is 94.4 Å². The van der Waals surface area contributed by atoms with Crippen LogP contribution in [0.3, 0.4) is 0 Å². The van der Waals surface area contributed by atoms with E-state index < -0.39 is 47.7 Å². The van der Waals surface area contributed by atoms with Crippen molar-refractivity contribution in [3.05, 3.63) is 293 Å². The highest BCUT2D eigenvalue weighted by Gasteiger charge is 2.55. The van der Waals surface area contributed by atoms with Gasteiger partial charge in [0.1, 0.15) is 35.5 Å². The van der Waals surface area contributed by atoms with Gasteiger partial charge in [-0.3, -0.25) is 14.5 Å². The maximum absolute atomic E-state index is 15.4. The van der Waals surface area contributed by atoms with E-state index in [1.54, 1.807) is 5.38 Å². The van der Waals surface area contributed by atoms with Gasteiger partial charge in [-0.2, -0.15) is 0 Å². The van der Waals surface area contributed by atoms with Gasteiger partial charge in [-0.05, 0) is 62.0 Å². The number of nitrogens with zero attached hydrogens (tertiary/aromatic N) is 3. The zero-order chi connectivity index (χ0) is 52.6. The first-order valence-electron chi connectivity index (χ1n) is 25.1. The van der Waals surface area contributed by atoms with Crippen LogP contribution in [0, 0.1) is 0 Å². The minimum Gasteiger partial charge on any atom is -0.448 e. The van der Waals surface area contributed by atoms with Crippen molar-refractivity contribution in [3.8, 4) is 0 Å². The molecule has 2 aliphatic rings. The van der Waals surface area contributed by atoms with Crippen molar-refractivity contribution in [2.45, 2.75) is 23.1 Å². The lowest BCUT2D eigenvalue weighted by Crippen LogP contribution is -2.71. The third-order valence-corrected chi connectivity index (χ3v) is 19.9. The summed E-state index contributed by atoms with van der Waals surface area (Å²) in [5.41, 5.74) is 4.54. The average Bonchev–Trinajstić information content (AvgIpc) is 3.99. The summed E-state index contributed by atoms with van der Waals surface area (Å²) in [6.45, 7) is -2.70. The number of oxime groups is 1. The number of hydrogen-bond acceptors (Lipinski definition) is 10. The number of benzene rings is 8. The Labute approximate surface area is 456 Å². The minimum atomic E-state index is -2.70. The Balaban J connectivity index is 0.965. The number of aromatic nitrogens is 1. The number of β-lactam (4-membered cyclic amide) rings is 1. The number of esters is 1. The molecular weight excluding hydrogens is 1010 g/mol. The second-order valence-electron chi connectivity index (χ2n) is 18.3. The van der Waals surface area contributed by atoms with E-state index in [1.165, 1.54) is 35.1 Å². The molecule has 0 radical (unpaired) electrons. The van der Waals surface area contributed by atoms with Crippen LogP contribution < -0.4 is 26.5 Å². The zero-order valence-corrected chi connectivity index (χ0v) is 44.4. The first-order valence-corrected chi connectivity index (χ1v) is 28.9. The van der Waals surface area contributed by atoms with E-state index in [9.17, 15) is 4.79 Å². The highest BCUT2D eigenvalue weighted by molar-refractivity contribution is 8.00. The molecule has 77 heavy (non-hydrogen) atoms. The Morgan fingerprint density at radius 2 is 1.08 bits per heavy atom. The summed E-state index contributed by atoms with van der Waals surface area (Å²) in [5.74, 6) is 0.761. The van der Waals surface area contributed by atoms with Crippen LogP contribution in [0.15, 0.2) is 264 Å². The Kier molecular flexibility index (Phi) is 14.9. The second-order valence-corrected chi connectivity index (χ2v) is 23.5. The van der Waals surface area contributed by atoms with E-state index in [0.717, 1.165) is 43.7 Å². The normalized spacial score (nSPS) is 15.5. The van der Waals surface area contributed by atoms with Crippen LogP contribution in [-0.2, 0) is 29.5 Å². The van der Waals surface area contributed by atoms with Crippen LogP contribution in [0.2, 0.25) is 0 Å². The monoisotopic (exact) mass is 1070 g/mol. The van der Waals surface area contributed by atoms with Gasteiger partial charge in [-0.25, -0.2) is 9.78 Å². The number of carbonyl (C=O) groups excluding carboxylic acids is 3. The maximum Gasteiger partial charge on any atom is 0.356 e. The molecule has 0 aliphatic carbocycles. The van der Waals surface area contributed by atoms with E-state index >= 15 is 9.59 Å². The van der Waals surface area contributed by atoms with Crippen molar-refractivity contribution in [2.75, 3.05) is 18.2 Å². The van der Waals surface area contributed by atoms with E-state index in [4.69, 9.17) is 14.6 Å². The fourth-order valence-corrected chi connectivity index (χ4v) is 16.4. The third kappa shape index (κ3) is 9.95. The number of thiazole rings is 1. The SMILES string of the molecule is CO/N=C(\C(=O)NC1C(=O)N2C(C(=O)OC(c3ccccc3)c3ccccc3)=C(C=P(c3ccccc3)(c3ccccc3)c3ccccc3)CS[C@H]12)c1csc(NC(c2ccccc2)(c2ccccc2)c2ccccc2)n1. The van der Waals surface area contributed by atoms with Gasteiger partial charge in [-0.1, -0.05) is 248 Å². The van der Waals surface area contributed by atoms with Crippen LogP contribution in [0.5, 0.6) is 0 Å². The lowest BCUT2D eigenvalue weighted by Gasteiger charge is -2.49. The number of anilines is 1. The average molecular weight is 1070 g/mol. The summed E-state index contributed by atoms with van der Waals surface area (Å²) in [4.78, 5) is 56.9. The fourth-order valence-electron chi connectivity index (χ4n) is 10.3. The topological polar surface area (TPSA) is 122 Å². The first-order chi connectivity index (χ1) is 37.9. The molecule has 1 saturated heterocycles. The summed E-state index contributed by atoms with van der Waals surface area (Å²) in [5, 5.41) is 15.8. The van der Waals surface area contributed by atoms with Gasteiger partial charge in [0, 0.05) is 11.1 Å². The summed E-state index contributed by atoms with van der Waals surface area (Å²) < 4.78 is 6.65. The van der Waals surface area contributed by atoms with Gasteiger partial charge in [0.15, 0.2) is 16.9 Å². The van der Waals surface area contributed by atoms with Gasteiger partial charge >= 0.3 is 5.97 Å². The molecule has 9 aromatic rings. The molecule has 10 nitrogen and oxygen atoms in total. The molecule has 2 N–H and O–H groups in total. The van der Waals surface area contributed by atoms with Gasteiger partial charge < -0.3 is 20.2 Å². The zero-order valence-electron chi connectivity index (χ0n) is 41.8. The predicted octanol–water partition coefficient (Wildman–Crippen LogP) is 10.7. The van der Waals surface area contributed by atoms with Crippen LogP contribution >= 0.6 is 30.0 Å². The van der Waals surface area contributed by atoms with Crippen molar-refractivity contribution in [3.63, 3.8) is 0 Å². The molecule has 8 aromatic carbocycles. The van der Waals surface area contributed by atoms with Gasteiger partial charge in [-0.15, -0.1) is 23.1 Å². The molecule has 0 saturated carbocycles. The molecule has 380 valence electrons. The molecule has 3 heterocycles. The molecule has 11 rings (SSSR count). The molecule has 2 atom stereocenters. The standard InChI is InChI=1S/C64H52N5O5PS2/c1-73-68-55(54-44-77-63(65-54)67-64(48-30-14-4-15-31-48,49-32-16-5-17-33-49)50-34-18-6-19-35-50)59(70)66-56-60(71)69-57(62(72)74-58(45-26-10-2-11-27-45)46-28-12-3-13-29-46)47(43-76-61(56)69)42-75(51-36-20-7-21-37-51,52-38-22-8-23-39-52)53-40-24-9-25-41-53/h2-42,44,56,58,61H,43H2,1H3,(H,65,67)(H,66,70)/b68-55-/t56?,61-/m1/s1. The summed E-state index contributed by atoms with van der Waals surface area (Å²) >= 11 is 2.79. The molecule has 2 amide bonds. The lowest BCUT2D eigenvalue weighted by atomic mass is 9.77. The van der Waals surface area contributed by atoms with Crippen molar-refractivity contribution >= 4 is 80.3 Å². The maximum atomic E-state index is 15.4. The highest BCUT2D eigenvalue weighted by atomic mass is 32.2. The molecule has 1 unspecified atom stereocenters. The molecule has 1 fully saturated rings. The molecule has 0 spiro atoms. The van der Waals surface area contributed by atoms with Crippen LogP contribution in [0.25, 0.3) is 0 Å². The summed E-state index contributed by atoms with van der Waals surface area (Å²) in [7, 11) is 1.36. The first kappa shape index (κ1) is 50.6. The number of nitrogens with one attached hydrogen (secondary N) is 2. The smallest absolute Gasteiger partial charge is 0.356 e. The molecular formula is C64H52N5O5PS2. The number of hydrogen-bond donors (Lipinski definition) is 2. The van der Waals surface area contributed by atoms with Crippen LogP contribution in [0.4, 0.5) is 5.13 Å². The molecule has 2 aliphatic heterocycles. The van der Waals surface area contributed by atoms with Gasteiger partial charge in [0.05, 0.1) is 0 Å².